The summed E-state index contributed by atoms with van der Waals surface area (Å²) in [4.78, 5) is 22.9. The standard InChI is InChI=1S/C10H14N2O3S/c1-11-6-9(13)12-7(5-10(14)15)8-3-2-4-16-8/h2-4,7,11H,5-6H2,1H3,(H,12,13)(H,14,15). The van der Waals surface area contributed by atoms with E-state index >= 15 is 0 Å². The topological polar surface area (TPSA) is 78.4 Å². The van der Waals surface area contributed by atoms with E-state index in [9.17, 15) is 9.59 Å². The summed E-state index contributed by atoms with van der Waals surface area (Å²) in [5, 5.41) is 16.0. The van der Waals surface area contributed by atoms with E-state index < -0.39 is 12.0 Å². The molecule has 88 valence electrons. The quantitative estimate of drug-likeness (QED) is 0.682. The van der Waals surface area contributed by atoms with Crippen LogP contribution in [-0.2, 0) is 9.59 Å². The highest BCUT2D eigenvalue weighted by Gasteiger charge is 2.18. The third kappa shape index (κ3) is 4.00. The number of hydrogen-bond donors (Lipinski definition) is 3. The largest absolute Gasteiger partial charge is 0.481 e. The van der Waals surface area contributed by atoms with Crippen LogP contribution in [0.4, 0.5) is 0 Å². The third-order valence-electron chi connectivity index (χ3n) is 1.94. The fourth-order valence-corrected chi connectivity index (χ4v) is 2.07. The molecule has 0 radical (unpaired) electrons. The molecule has 1 heterocycles. The number of nitrogens with one attached hydrogen (secondary N) is 2. The van der Waals surface area contributed by atoms with Crippen molar-refractivity contribution in [1.29, 1.82) is 0 Å². The maximum atomic E-state index is 11.4. The number of carboxylic acids is 1. The van der Waals surface area contributed by atoms with Crippen LogP contribution in [-0.4, -0.2) is 30.6 Å². The smallest absolute Gasteiger partial charge is 0.305 e. The van der Waals surface area contributed by atoms with Crippen molar-refractivity contribution in [2.24, 2.45) is 0 Å². The van der Waals surface area contributed by atoms with Gasteiger partial charge in [-0.3, -0.25) is 9.59 Å². The van der Waals surface area contributed by atoms with E-state index in [1.807, 2.05) is 17.5 Å². The van der Waals surface area contributed by atoms with E-state index in [-0.39, 0.29) is 18.9 Å². The molecule has 1 unspecified atom stereocenters. The Morgan fingerprint density at radius 3 is 2.81 bits per heavy atom. The van der Waals surface area contributed by atoms with Gasteiger partial charge < -0.3 is 15.7 Å². The number of carbonyl (C=O) groups is 2. The zero-order valence-electron chi connectivity index (χ0n) is 8.90. The number of aliphatic carboxylic acids is 1. The lowest BCUT2D eigenvalue weighted by atomic mass is 10.1. The molecule has 0 aliphatic carbocycles. The van der Waals surface area contributed by atoms with Crippen LogP contribution >= 0.6 is 11.3 Å². The number of thiophene rings is 1. The first-order valence-corrected chi connectivity index (χ1v) is 5.70. The summed E-state index contributed by atoms with van der Waals surface area (Å²) in [5.74, 6) is -1.13. The molecule has 0 saturated carbocycles. The summed E-state index contributed by atoms with van der Waals surface area (Å²) in [6.07, 6.45) is -0.101. The summed E-state index contributed by atoms with van der Waals surface area (Å²) in [6, 6.07) is 3.20. The molecule has 0 bridgehead atoms. The highest BCUT2D eigenvalue weighted by molar-refractivity contribution is 7.10. The minimum atomic E-state index is -0.928. The van der Waals surface area contributed by atoms with Crippen LogP contribution in [0.2, 0.25) is 0 Å². The molecule has 1 rings (SSSR count). The molecule has 1 aromatic rings. The van der Waals surface area contributed by atoms with Crippen LogP contribution < -0.4 is 10.6 Å². The van der Waals surface area contributed by atoms with Crippen molar-refractivity contribution < 1.29 is 14.7 Å². The first-order chi connectivity index (χ1) is 7.63. The van der Waals surface area contributed by atoms with E-state index in [2.05, 4.69) is 10.6 Å². The first-order valence-electron chi connectivity index (χ1n) is 4.82. The van der Waals surface area contributed by atoms with Crippen LogP contribution in [0.5, 0.6) is 0 Å². The lowest BCUT2D eigenvalue weighted by molar-refractivity contribution is -0.137. The van der Waals surface area contributed by atoms with Gasteiger partial charge in [0.25, 0.3) is 0 Å². The van der Waals surface area contributed by atoms with E-state index in [0.717, 1.165) is 4.88 Å². The molecule has 1 atom stereocenters. The van der Waals surface area contributed by atoms with Gasteiger partial charge in [-0.1, -0.05) is 6.07 Å². The molecule has 5 nitrogen and oxygen atoms in total. The number of likely N-dealkylation sites (N-methyl/N-ethyl adjacent to an activating group) is 1. The summed E-state index contributed by atoms with van der Waals surface area (Å²) in [7, 11) is 1.66. The number of carbonyl (C=O) groups excluding carboxylic acids is 1. The molecule has 0 fully saturated rings. The van der Waals surface area contributed by atoms with Gasteiger partial charge in [0.15, 0.2) is 0 Å². The summed E-state index contributed by atoms with van der Waals surface area (Å²) in [6.45, 7) is 0.182. The Morgan fingerprint density at radius 2 is 2.31 bits per heavy atom. The predicted octanol–water partition coefficient (Wildman–Crippen LogP) is 0.600. The Kier molecular flexibility index (Phi) is 4.94. The molecular formula is C10H14N2O3S. The Hall–Kier alpha value is -1.40. The van der Waals surface area contributed by atoms with Gasteiger partial charge in [-0.25, -0.2) is 0 Å². The Bertz CT molecular complexity index is 351. The average Bonchev–Trinajstić information content (AvgIpc) is 2.68. The van der Waals surface area contributed by atoms with Crippen molar-refractivity contribution in [3.8, 4) is 0 Å². The molecule has 1 aromatic heterocycles. The van der Waals surface area contributed by atoms with Crippen molar-refractivity contribution in [2.75, 3.05) is 13.6 Å². The van der Waals surface area contributed by atoms with E-state index in [1.165, 1.54) is 11.3 Å². The number of amides is 1. The van der Waals surface area contributed by atoms with E-state index in [1.54, 1.807) is 7.05 Å². The minimum Gasteiger partial charge on any atom is -0.481 e. The van der Waals surface area contributed by atoms with Gasteiger partial charge in [0.05, 0.1) is 19.0 Å². The number of rotatable bonds is 6. The van der Waals surface area contributed by atoms with Crippen molar-refractivity contribution in [3.63, 3.8) is 0 Å². The average molecular weight is 242 g/mol. The Balaban J connectivity index is 2.65. The molecule has 16 heavy (non-hydrogen) atoms. The fourth-order valence-electron chi connectivity index (χ4n) is 1.29. The van der Waals surface area contributed by atoms with E-state index in [0.29, 0.717) is 0 Å². The second-order valence-corrected chi connectivity index (χ2v) is 4.24. The van der Waals surface area contributed by atoms with Gasteiger partial charge in [-0.05, 0) is 18.5 Å². The maximum absolute atomic E-state index is 11.4. The molecule has 0 spiro atoms. The molecule has 1 amide bonds. The van der Waals surface area contributed by atoms with Gasteiger partial charge in [-0.2, -0.15) is 0 Å². The maximum Gasteiger partial charge on any atom is 0.305 e. The van der Waals surface area contributed by atoms with Gasteiger partial charge >= 0.3 is 5.97 Å². The summed E-state index contributed by atoms with van der Waals surface area (Å²) < 4.78 is 0. The van der Waals surface area contributed by atoms with Crippen molar-refractivity contribution in [2.45, 2.75) is 12.5 Å². The first kappa shape index (κ1) is 12.7. The summed E-state index contributed by atoms with van der Waals surface area (Å²) >= 11 is 1.43. The molecule has 0 saturated heterocycles. The van der Waals surface area contributed by atoms with Crippen LogP contribution in [0.25, 0.3) is 0 Å². The molecule has 0 aliphatic rings. The molecule has 0 aliphatic heterocycles. The van der Waals surface area contributed by atoms with E-state index in [4.69, 9.17) is 5.11 Å². The highest BCUT2D eigenvalue weighted by atomic mass is 32.1. The number of hydrogen-bond acceptors (Lipinski definition) is 4. The second-order valence-electron chi connectivity index (χ2n) is 3.26. The second kappa shape index (κ2) is 6.24. The highest BCUT2D eigenvalue weighted by Crippen LogP contribution is 2.21. The lowest BCUT2D eigenvalue weighted by Gasteiger charge is -2.15. The zero-order valence-corrected chi connectivity index (χ0v) is 9.71. The summed E-state index contributed by atoms with van der Waals surface area (Å²) in [5.41, 5.74) is 0. The number of carboxylic acid groups (broad SMARTS) is 1. The SMILES string of the molecule is CNCC(=O)NC(CC(=O)O)c1cccs1. The third-order valence-corrected chi connectivity index (χ3v) is 2.92. The Labute approximate surface area is 97.5 Å². The molecule has 0 aromatic carbocycles. The zero-order chi connectivity index (χ0) is 12.0. The molecular weight excluding hydrogens is 228 g/mol. The van der Waals surface area contributed by atoms with Crippen molar-refractivity contribution in [3.05, 3.63) is 22.4 Å². The fraction of sp³-hybridized carbons (Fsp3) is 0.400. The minimum absolute atomic E-state index is 0.101. The van der Waals surface area contributed by atoms with Gasteiger partial charge in [0, 0.05) is 4.88 Å². The van der Waals surface area contributed by atoms with Crippen molar-refractivity contribution >= 4 is 23.2 Å². The normalized spacial score (nSPS) is 12.1. The molecule has 6 heteroatoms. The van der Waals surface area contributed by atoms with Crippen LogP contribution in [0.3, 0.4) is 0 Å². The lowest BCUT2D eigenvalue weighted by Crippen LogP contribution is -2.35. The van der Waals surface area contributed by atoms with Gasteiger partial charge in [0.1, 0.15) is 0 Å². The van der Waals surface area contributed by atoms with Gasteiger partial charge in [0.2, 0.25) is 5.91 Å². The van der Waals surface area contributed by atoms with Crippen LogP contribution in [0.1, 0.15) is 17.3 Å². The van der Waals surface area contributed by atoms with Crippen LogP contribution in [0.15, 0.2) is 17.5 Å². The monoisotopic (exact) mass is 242 g/mol. The Morgan fingerprint density at radius 1 is 1.56 bits per heavy atom. The molecule has 3 N–H and O–H groups in total. The van der Waals surface area contributed by atoms with Crippen molar-refractivity contribution in [1.82, 2.24) is 10.6 Å². The van der Waals surface area contributed by atoms with Crippen LogP contribution in [0, 0.1) is 0 Å². The predicted molar refractivity (Wildman–Crippen MR) is 61.4 cm³/mol. The van der Waals surface area contributed by atoms with Gasteiger partial charge in [-0.15, -0.1) is 11.3 Å².